The van der Waals surface area contributed by atoms with Gasteiger partial charge >= 0.3 is 5.97 Å². The van der Waals surface area contributed by atoms with Crippen LogP contribution in [0.4, 0.5) is 0 Å². The lowest BCUT2D eigenvalue weighted by molar-refractivity contribution is -0.144. The summed E-state index contributed by atoms with van der Waals surface area (Å²) in [5.41, 5.74) is 0. The van der Waals surface area contributed by atoms with Crippen molar-refractivity contribution in [1.29, 1.82) is 0 Å². The highest BCUT2D eigenvalue weighted by atomic mass is 16.4. The van der Waals surface area contributed by atoms with Crippen LogP contribution < -0.4 is 5.32 Å². The fourth-order valence-electron chi connectivity index (χ4n) is 3.04. The number of carboxylic acid groups (broad SMARTS) is 1. The van der Waals surface area contributed by atoms with Crippen LogP contribution in [0.2, 0.25) is 0 Å². The molecule has 2 aliphatic carbocycles. The van der Waals surface area contributed by atoms with Gasteiger partial charge in [-0.3, -0.25) is 4.79 Å². The predicted octanol–water partition coefficient (Wildman–Crippen LogP) is 2.33. The monoisotopic (exact) mass is 253 g/mol. The summed E-state index contributed by atoms with van der Waals surface area (Å²) >= 11 is 0. The summed E-state index contributed by atoms with van der Waals surface area (Å²) in [5.74, 6) is -0.325. The first-order valence-electron chi connectivity index (χ1n) is 7.19. The molecule has 4 nitrogen and oxygen atoms in total. The van der Waals surface area contributed by atoms with Gasteiger partial charge in [-0.25, -0.2) is 4.79 Å². The minimum atomic E-state index is -0.871. The van der Waals surface area contributed by atoms with Gasteiger partial charge in [-0.05, 0) is 37.5 Å². The van der Waals surface area contributed by atoms with Crippen molar-refractivity contribution in [2.75, 3.05) is 0 Å². The van der Waals surface area contributed by atoms with Crippen molar-refractivity contribution in [3.63, 3.8) is 0 Å². The van der Waals surface area contributed by atoms with Crippen LogP contribution in [-0.2, 0) is 9.59 Å². The third-order valence-electron chi connectivity index (χ3n) is 4.40. The Labute approximate surface area is 108 Å². The van der Waals surface area contributed by atoms with E-state index >= 15 is 0 Å². The lowest BCUT2D eigenvalue weighted by Crippen LogP contribution is -2.47. The van der Waals surface area contributed by atoms with Gasteiger partial charge in [0.05, 0.1) is 0 Å². The van der Waals surface area contributed by atoms with Crippen LogP contribution in [0.1, 0.15) is 57.8 Å². The zero-order valence-electron chi connectivity index (χ0n) is 10.9. The largest absolute Gasteiger partial charge is 0.480 e. The quantitative estimate of drug-likeness (QED) is 0.790. The van der Waals surface area contributed by atoms with Crippen LogP contribution in [0.5, 0.6) is 0 Å². The van der Waals surface area contributed by atoms with Crippen molar-refractivity contribution in [2.24, 2.45) is 11.8 Å². The lowest BCUT2D eigenvalue weighted by Gasteiger charge is -2.29. The van der Waals surface area contributed by atoms with Gasteiger partial charge in [0.25, 0.3) is 0 Å². The Hall–Kier alpha value is -1.06. The number of carbonyl (C=O) groups is 2. The summed E-state index contributed by atoms with van der Waals surface area (Å²) in [6.45, 7) is 0. The molecule has 0 aromatic heterocycles. The molecule has 0 bridgehead atoms. The second-order valence-corrected chi connectivity index (χ2v) is 5.78. The molecule has 4 heteroatoms. The first-order valence-corrected chi connectivity index (χ1v) is 7.19. The molecule has 0 radical (unpaired) electrons. The molecule has 1 amide bonds. The molecule has 102 valence electrons. The van der Waals surface area contributed by atoms with Crippen molar-refractivity contribution in [1.82, 2.24) is 5.32 Å². The number of aliphatic carboxylic acids is 1. The molecule has 1 atom stereocenters. The van der Waals surface area contributed by atoms with Gasteiger partial charge in [0.1, 0.15) is 6.04 Å². The molecule has 2 saturated carbocycles. The molecule has 0 aromatic rings. The van der Waals surface area contributed by atoms with E-state index in [0.29, 0.717) is 12.3 Å². The van der Waals surface area contributed by atoms with Gasteiger partial charge in [-0.2, -0.15) is 0 Å². The topological polar surface area (TPSA) is 66.4 Å². The molecular formula is C14H23NO3. The Balaban J connectivity index is 1.84. The van der Waals surface area contributed by atoms with Gasteiger partial charge in [-0.15, -0.1) is 0 Å². The van der Waals surface area contributed by atoms with Crippen LogP contribution in [0.25, 0.3) is 0 Å². The number of nitrogens with one attached hydrogen (secondary N) is 1. The number of carbonyl (C=O) groups excluding carboxylic acids is 1. The van der Waals surface area contributed by atoms with E-state index < -0.39 is 12.0 Å². The number of carboxylic acids is 1. The second-order valence-electron chi connectivity index (χ2n) is 5.78. The fraction of sp³-hybridized carbons (Fsp3) is 0.857. The average Bonchev–Trinajstić information content (AvgIpc) is 2.31. The van der Waals surface area contributed by atoms with Crippen LogP contribution in [0.3, 0.4) is 0 Å². The molecule has 2 N–H and O–H groups in total. The van der Waals surface area contributed by atoms with Gasteiger partial charge in [0.2, 0.25) is 5.91 Å². The molecule has 0 heterocycles. The molecule has 2 rings (SSSR count). The van der Waals surface area contributed by atoms with Gasteiger partial charge in [-0.1, -0.05) is 25.7 Å². The highest BCUT2D eigenvalue weighted by Gasteiger charge is 2.31. The van der Waals surface area contributed by atoms with Crippen LogP contribution in [0, 0.1) is 11.8 Å². The Kier molecular flexibility index (Phi) is 4.61. The summed E-state index contributed by atoms with van der Waals surface area (Å²) in [5, 5.41) is 12.0. The summed E-state index contributed by atoms with van der Waals surface area (Å²) in [6.07, 6.45) is 9.20. The average molecular weight is 253 g/mol. The van der Waals surface area contributed by atoms with Gasteiger partial charge in [0, 0.05) is 6.42 Å². The Morgan fingerprint density at radius 3 is 2.22 bits per heavy atom. The van der Waals surface area contributed by atoms with E-state index in [2.05, 4.69) is 5.32 Å². The third-order valence-corrected chi connectivity index (χ3v) is 4.40. The Morgan fingerprint density at radius 1 is 1.06 bits per heavy atom. The normalized spacial score (nSPS) is 23.1. The SMILES string of the molecule is O=C(CC1CCC1)NC(C(=O)O)C1CCCCC1. The predicted molar refractivity (Wildman–Crippen MR) is 68.1 cm³/mol. The van der Waals surface area contributed by atoms with Crippen LogP contribution >= 0.6 is 0 Å². The Morgan fingerprint density at radius 2 is 1.72 bits per heavy atom. The summed E-state index contributed by atoms with van der Waals surface area (Å²) in [6, 6.07) is -0.669. The molecule has 0 saturated heterocycles. The maximum atomic E-state index is 11.8. The first-order chi connectivity index (χ1) is 8.66. The summed E-state index contributed by atoms with van der Waals surface area (Å²) in [7, 11) is 0. The minimum Gasteiger partial charge on any atom is -0.480 e. The van der Waals surface area contributed by atoms with E-state index in [0.717, 1.165) is 38.5 Å². The molecule has 2 aliphatic rings. The van der Waals surface area contributed by atoms with E-state index in [-0.39, 0.29) is 11.8 Å². The maximum Gasteiger partial charge on any atom is 0.326 e. The smallest absolute Gasteiger partial charge is 0.326 e. The number of hydrogen-bond acceptors (Lipinski definition) is 2. The minimum absolute atomic E-state index is 0.0716. The molecule has 18 heavy (non-hydrogen) atoms. The van der Waals surface area contributed by atoms with E-state index in [4.69, 9.17) is 0 Å². The molecular weight excluding hydrogens is 230 g/mol. The van der Waals surface area contributed by atoms with Crippen molar-refractivity contribution < 1.29 is 14.7 Å². The van der Waals surface area contributed by atoms with Crippen LogP contribution in [0.15, 0.2) is 0 Å². The van der Waals surface area contributed by atoms with Gasteiger partial charge in [0.15, 0.2) is 0 Å². The number of amides is 1. The zero-order valence-corrected chi connectivity index (χ0v) is 10.9. The van der Waals surface area contributed by atoms with E-state index in [1.807, 2.05) is 0 Å². The summed E-state index contributed by atoms with van der Waals surface area (Å²) in [4.78, 5) is 23.1. The van der Waals surface area contributed by atoms with Crippen molar-refractivity contribution in [3.8, 4) is 0 Å². The lowest BCUT2D eigenvalue weighted by atomic mass is 9.82. The van der Waals surface area contributed by atoms with E-state index in [9.17, 15) is 14.7 Å². The molecule has 1 unspecified atom stereocenters. The molecule has 0 aromatic carbocycles. The first kappa shape index (κ1) is 13.4. The van der Waals surface area contributed by atoms with Crippen molar-refractivity contribution >= 4 is 11.9 Å². The second kappa shape index (κ2) is 6.21. The standard InChI is InChI=1S/C14H23NO3/c16-12(9-10-5-4-6-10)15-13(14(17)18)11-7-2-1-3-8-11/h10-11,13H,1-9H2,(H,15,16)(H,17,18). The van der Waals surface area contributed by atoms with E-state index in [1.54, 1.807) is 0 Å². The number of rotatable bonds is 5. The van der Waals surface area contributed by atoms with E-state index in [1.165, 1.54) is 12.8 Å². The van der Waals surface area contributed by atoms with Crippen LogP contribution in [-0.4, -0.2) is 23.0 Å². The fourth-order valence-corrected chi connectivity index (χ4v) is 3.04. The molecule has 2 fully saturated rings. The zero-order chi connectivity index (χ0) is 13.0. The van der Waals surface area contributed by atoms with Gasteiger partial charge < -0.3 is 10.4 Å². The maximum absolute atomic E-state index is 11.8. The Bertz CT molecular complexity index is 306. The summed E-state index contributed by atoms with van der Waals surface area (Å²) < 4.78 is 0. The molecule has 0 aliphatic heterocycles. The highest BCUT2D eigenvalue weighted by Crippen LogP contribution is 2.30. The third kappa shape index (κ3) is 3.47. The van der Waals surface area contributed by atoms with Crippen molar-refractivity contribution in [2.45, 2.75) is 63.8 Å². The molecule has 0 spiro atoms. The highest BCUT2D eigenvalue weighted by molar-refractivity contribution is 5.83. The number of hydrogen-bond donors (Lipinski definition) is 2. The van der Waals surface area contributed by atoms with Crippen molar-refractivity contribution in [3.05, 3.63) is 0 Å².